The van der Waals surface area contributed by atoms with Crippen molar-refractivity contribution in [2.45, 2.75) is 50.6 Å². The molecule has 1 heterocycles. The summed E-state index contributed by atoms with van der Waals surface area (Å²) in [5.41, 5.74) is 0. The SMILES string of the molecule is O=C1CC(NC2CC=CCC2)CCCN1. The topological polar surface area (TPSA) is 41.1 Å². The van der Waals surface area contributed by atoms with Crippen LogP contribution in [0.15, 0.2) is 12.2 Å². The Morgan fingerprint density at radius 3 is 3.00 bits per heavy atom. The third kappa shape index (κ3) is 3.34. The summed E-state index contributed by atoms with van der Waals surface area (Å²) in [5, 5.41) is 6.53. The van der Waals surface area contributed by atoms with Gasteiger partial charge in [0.15, 0.2) is 0 Å². The molecule has 3 nitrogen and oxygen atoms in total. The minimum atomic E-state index is 0.205. The summed E-state index contributed by atoms with van der Waals surface area (Å²) < 4.78 is 0. The maximum Gasteiger partial charge on any atom is 0.221 e. The molecule has 1 fully saturated rings. The van der Waals surface area contributed by atoms with Crippen LogP contribution >= 0.6 is 0 Å². The molecule has 0 bridgehead atoms. The van der Waals surface area contributed by atoms with Crippen LogP contribution in [0, 0.1) is 0 Å². The molecular weight excluding hydrogens is 188 g/mol. The van der Waals surface area contributed by atoms with Gasteiger partial charge in [-0.25, -0.2) is 0 Å². The minimum absolute atomic E-state index is 0.205. The van der Waals surface area contributed by atoms with E-state index in [1.165, 1.54) is 12.8 Å². The van der Waals surface area contributed by atoms with Crippen molar-refractivity contribution in [3.05, 3.63) is 12.2 Å². The second-order valence-electron chi connectivity index (χ2n) is 4.54. The second kappa shape index (κ2) is 5.31. The molecule has 84 valence electrons. The molecule has 1 amide bonds. The fourth-order valence-electron chi connectivity index (χ4n) is 2.39. The van der Waals surface area contributed by atoms with Crippen molar-refractivity contribution >= 4 is 5.91 Å². The van der Waals surface area contributed by atoms with E-state index in [-0.39, 0.29) is 5.91 Å². The number of hydrogen-bond donors (Lipinski definition) is 2. The third-order valence-electron chi connectivity index (χ3n) is 3.22. The zero-order valence-corrected chi connectivity index (χ0v) is 9.17. The summed E-state index contributed by atoms with van der Waals surface area (Å²) >= 11 is 0. The number of allylic oxidation sites excluding steroid dienone is 1. The smallest absolute Gasteiger partial charge is 0.221 e. The van der Waals surface area contributed by atoms with Crippen molar-refractivity contribution in [2.75, 3.05) is 6.54 Å². The fourth-order valence-corrected chi connectivity index (χ4v) is 2.39. The number of hydrogen-bond acceptors (Lipinski definition) is 2. The Kier molecular flexibility index (Phi) is 3.78. The predicted molar refractivity (Wildman–Crippen MR) is 60.6 cm³/mol. The van der Waals surface area contributed by atoms with Crippen molar-refractivity contribution in [2.24, 2.45) is 0 Å². The van der Waals surface area contributed by atoms with Crippen LogP contribution in [-0.2, 0) is 4.79 Å². The monoisotopic (exact) mass is 208 g/mol. The first-order chi connectivity index (χ1) is 7.34. The van der Waals surface area contributed by atoms with Gasteiger partial charge in [-0.2, -0.15) is 0 Å². The summed E-state index contributed by atoms with van der Waals surface area (Å²) in [6.07, 6.45) is 10.9. The van der Waals surface area contributed by atoms with Gasteiger partial charge in [0.25, 0.3) is 0 Å². The molecule has 2 atom stereocenters. The maximum absolute atomic E-state index is 11.4. The van der Waals surface area contributed by atoms with Gasteiger partial charge in [-0.1, -0.05) is 12.2 Å². The predicted octanol–water partition coefficient (Wildman–Crippen LogP) is 1.35. The van der Waals surface area contributed by atoms with Gasteiger partial charge in [0.2, 0.25) is 5.91 Å². The number of nitrogens with one attached hydrogen (secondary N) is 2. The van der Waals surface area contributed by atoms with Crippen molar-refractivity contribution in [3.8, 4) is 0 Å². The normalized spacial score (nSPS) is 32.1. The van der Waals surface area contributed by atoms with E-state index in [0.29, 0.717) is 18.5 Å². The van der Waals surface area contributed by atoms with E-state index >= 15 is 0 Å². The lowest BCUT2D eigenvalue weighted by Gasteiger charge is -2.25. The Labute approximate surface area is 91.3 Å². The average Bonchev–Trinajstić information content (AvgIpc) is 2.44. The second-order valence-corrected chi connectivity index (χ2v) is 4.54. The lowest BCUT2D eigenvalue weighted by Crippen LogP contribution is -2.40. The van der Waals surface area contributed by atoms with Gasteiger partial charge in [0.1, 0.15) is 0 Å². The van der Waals surface area contributed by atoms with Crippen LogP contribution in [-0.4, -0.2) is 24.5 Å². The maximum atomic E-state index is 11.4. The van der Waals surface area contributed by atoms with Gasteiger partial charge >= 0.3 is 0 Å². The minimum Gasteiger partial charge on any atom is -0.356 e. The highest BCUT2D eigenvalue weighted by Gasteiger charge is 2.20. The standard InChI is InChI=1S/C12H20N2O/c15-12-9-11(7-4-8-13-12)14-10-5-2-1-3-6-10/h1-2,10-11,14H,3-9H2,(H,13,15). The van der Waals surface area contributed by atoms with Crippen molar-refractivity contribution in [1.29, 1.82) is 0 Å². The molecule has 0 saturated carbocycles. The lowest BCUT2D eigenvalue weighted by atomic mass is 9.99. The van der Waals surface area contributed by atoms with E-state index in [1.54, 1.807) is 0 Å². The van der Waals surface area contributed by atoms with Crippen LogP contribution in [0.2, 0.25) is 0 Å². The Hall–Kier alpha value is -0.830. The van der Waals surface area contributed by atoms with Gasteiger partial charge in [-0.3, -0.25) is 4.79 Å². The summed E-state index contributed by atoms with van der Waals surface area (Å²) in [5.74, 6) is 0.205. The van der Waals surface area contributed by atoms with Gasteiger partial charge in [-0.05, 0) is 32.1 Å². The van der Waals surface area contributed by atoms with E-state index < -0.39 is 0 Å². The van der Waals surface area contributed by atoms with Gasteiger partial charge in [0.05, 0.1) is 0 Å². The molecular formula is C12H20N2O. The summed E-state index contributed by atoms with van der Waals surface area (Å²) in [6, 6.07) is 0.981. The molecule has 15 heavy (non-hydrogen) atoms. The first kappa shape index (κ1) is 10.7. The van der Waals surface area contributed by atoms with E-state index in [9.17, 15) is 4.79 Å². The Balaban J connectivity index is 1.81. The average molecular weight is 208 g/mol. The van der Waals surface area contributed by atoms with E-state index in [2.05, 4.69) is 22.8 Å². The molecule has 3 heteroatoms. The molecule has 0 aromatic rings. The van der Waals surface area contributed by atoms with Crippen LogP contribution in [0.1, 0.15) is 38.5 Å². The molecule has 1 aliphatic heterocycles. The van der Waals surface area contributed by atoms with Crippen LogP contribution in [0.25, 0.3) is 0 Å². The molecule has 1 saturated heterocycles. The highest BCUT2D eigenvalue weighted by molar-refractivity contribution is 5.76. The molecule has 2 unspecified atom stereocenters. The van der Waals surface area contributed by atoms with Crippen LogP contribution in [0.5, 0.6) is 0 Å². The van der Waals surface area contributed by atoms with E-state index in [1.807, 2.05) is 0 Å². The first-order valence-electron chi connectivity index (χ1n) is 6.02. The molecule has 2 aliphatic rings. The molecule has 1 aliphatic carbocycles. The number of amides is 1. The highest BCUT2D eigenvalue weighted by Crippen LogP contribution is 2.14. The Morgan fingerprint density at radius 2 is 2.20 bits per heavy atom. The van der Waals surface area contributed by atoms with Crippen LogP contribution < -0.4 is 10.6 Å². The quantitative estimate of drug-likeness (QED) is 0.673. The zero-order chi connectivity index (χ0) is 10.5. The molecule has 2 N–H and O–H groups in total. The van der Waals surface area contributed by atoms with E-state index in [4.69, 9.17) is 0 Å². The van der Waals surface area contributed by atoms with Crippen molar-refractivity contribution in [1.82, 2.24) is 10.6 Å². The van der Waals surface area contributed by atoms with Crippen molar-refractivity contribution in [3.63, 3.8) is 0 Å². The highest BCUT2D eigenvalue weighted by atomic mass is 16.1. The van der Waals surface area contributed by atoms with Crippen molar-refractivity contribution < 1.29 is 4.79 Å². The molecule has 0 radical (unpaired) electrons. The largest absolute Gasteiger partial charge is 0.356 e. The third-order valence-corrected chi connectivity index (χ3v) is 3.22. The number of rotatable bonds is 2. The summed E-state index contributed by atoms with van der Waals surface area (Å²) in [4.78, 5) is 11.4. The molecule has 2 rings (SSSR count). The van der Waals surface area contributed by atoms with Crippen LogP contribution in [0.3, 0.4) is 0 Å². The Bertz CT molecular complexity index is 250. The lowest BCUT2D eigenvalue weighted by molar-refractivity contribution is -0.121. The zero-order valence-electron chi connectivity index (χ0n) is 9.17. The number of carbonyl (C=O) groups is 1. The Morgan fingerprint density at radius 1 is 1.27 bits per heavy atom. The molecule has 0 spiro atoms. The van der Waals surface area contributed by atoms with Crippen LogP contribution in [0.4, 0.5) is 0 Å². The van der Waals surface area contributed by atoms with Gasteiger partial charge in [0, 0.05) is 25.0 Å². The molecule has 0 aromatic heterocycles. The summed E-state index contributed by atoms with van der Waals surface area (Å²) in [7, 11) is 0. The first-order valence-corrected chi connectivity index (χ1v) is 6.02. The van der Waals surface area contributed by atoms with Gasteiger partial charge < -0.3 is 10.6 Å². The number of carbonyl (C=O) groups excluding carboxylic acids is 1. The van der Waals surface area contributed by atoms with E-state index in [0.717, 1.165) is 25.8 Å². The fraction of sp³-hybridized carbons (Fsp3) is 0.750. The van der Waals surface area contributed by atoms with Gasteiger partial charge in [-0.15, -0.1) is 0 Å². The molecule has 0 aromatic carbocycles. The summed E-state index contributed by atoms with van der Waals surface area (Å²) in [6.45, 7) is 0.849.